The third-order valence-corrected chi connectivity index (χ3v) is 6.40. The number of allylic oxidation sites excluding steroid dienone is 1. The fourth-order valence-corrected chi connectivity index (χ4v) is 4.62. The maximum Gasteiger partial charge on any atom is 0.290 e. The van der Waals surface area contributed by atoms with E-state index in [1.807, 2.05) is 0 Å². The molecule has 3 aliphatic rings. The van der Waals surface area contributed by atoms with Gasteiger partial charge in [0.2, 0.25) is 0 Å². The van der Waals surface area contributed by atoms with E-state index in [-0.39, 0.29) is 6.47 Å². The second-order valence-corrected chi connectivity index (χ2v) is 9.50. The molecule has 1 N–H and O–H groups in total. The zero-order valence-electron chi connectivity index (χ0n) is 18.1. The summed E-state index contributed by atoms with van der Waals surface area (Å²) < 4.78 is 0. The van der Waals surface area contributed by atoms with Gasteiger partial charge in [-0.1, -0.05) is 39.0 Å². The summed E-state index contributed by atoms with van der Waals surface area (Å²) in [5, 5.41) is 6.89. The van der Waals surface area contributed by atoms with Crippen LogP contribution < -0.4 is 4.90 Å². The predicted molar refractivity (Wildman–Crippen MR) is 118 cm³/mol. The van der Waals surface area contributed by atoms with Crippen LogP contribution in [0.3, 0.4) is 0 Å². The summed E-state index contributed by atoms with van der Waals surface area (Å²) in [6.07, 6.45) is 11.8. The maximum absolute atomic E-state index is 8.36. The Balaban J connectivity index is 0.000000755. The molecule has 0 aromatic carbocycles. The van der Waals surface area contributed by atoms with Gasteiger partial charge in [0, 0.05) is 32.4 Å². The maximum atomic E-state index is 8.36. The lowest BCUT2D eigenvalue weighted by molar-refractivity contribution is -0.122. The van der Waals surface area contributed by atoms with Gasteiger partial charge in [-0.25, -0.2) is 4.98 Å². The van der Waals surface area contributed by atoms with Crippen LogP contribution in [0.5, 0.6) is 0 Å². The molecule has 2 aliphatic heterocycles. The minimum absolute atomic E-state index is 0.250. The Morgan fingerprint density at radius 3 is 2.72 bits per heavy atom. The molecule has 1 fully saturated rings. The third-order valence-electron chi connectivity index (χ3n) is 6.40. The van der Waals surface area contributed by atoms with Gasteiger partial charge >= 0.3 is 0 Å². The number of carbonyl (C=O) groups is 1. The van der Waals surface area contributed by atoms with Crippen LogP contribution in [0.2, 0.25) is 0 Å². The molecule has 1 unspecified atom stereocenters. The van der Waals surface area contributed by atoms with Gasteiger partial charge in [0.15, 0.2) is 0 Å². The van der Waals surface area contributed by atoms with Crippen molar-refractivity contribution in [2.75, 3.05) is 31.1 Å². The molecule has 0 bridgehead atoms. The topological polar surface area (TPSA) is 56.7 Å². The van der Waals surface area contributed by atoms with Crippen molar-refractivity contribution in [3.05, 3.63) is 47.2 Å². The van der Waals surface area contributed by atoms with Crippen molar-refractivity contribution >= 4 is 12.3 Å². The smallest absolute Gasteiger partial charge is 0.290 e. The van der Waals surface area contributed by atoms with Gasteiger partial charge in [0.25, 0.3) is 6.47 Å². The first-order valence-corrected chi connectivity index (χ1v) is 10.8. The first kappa shape index (κ1) is 21.6. The van der Waals surface area contributed by atoms with Gasteiger partial charge in [0.1, 0.15) is 5.82 Å². The number of piperidine rings is 1. The van der Waals surface area contributed by atoms with Gasteiger partial charge in [0.05, 0.1) is 0 Å². The van der Waals surface area contributed by atoms with E-state index >= 15 is 0 Å². The molecule has 158 valence electrons. The Kier molecular flexibility index (Phi) is 7.12. The minimum Gasteiger partial charge on any atom is -0.483 e. The summed E-state index contributed by atoms with van der Waals surface area (Å²) in [6, 6.07) is 4.51. The van der Waals surface area contributed by atoms with Crippen LogP contribution in [-0.4, -0.2) is 47.6 Å². The molecule has 3 heterocycles. The molecule has 0 saturated carbocycles. The first-order chi connectivity index (χ1) is 13.9. The molecule has 0 radical (unpaired) electrons. The Hall–Kier alpha value is -2.14. The lowest BCUT2D eigenvalue weighted by atomic mass is 9.76. The molecule has 0 amide bonds. The van der Waals surface area contributed by atoms with Crippen LogP contribution >= 0.6 is 0 Å². The fourth-order valence-electron chi connectivity index (χ4n) is 4.62. The fraction of sp³-hybridized carbons (Fsp3) is 0.583. The number of anilines is 1. The van der Waals surface area contributed by atoms with Crippen molar-refractivity contribution in [3.8, 4) is 0 Å². The van der Waals surface area contributed by atoms with E-state index in [0.29, 0.717) is 5.41 Å². The molecule has 1 atom stereocenters. The number of aromatic nitrogens is 1. The third kappa shape index (κ3) is 5.69. The highest BCUT2D eigenvalue weighted by atomic mass is 16.3. The number of likely N-dealkylation sites (tertiary alicyclic amines) is 1. The second kappa shape index (κ2) is 9.57. The predicted octanol–water partition coefficient (Wildman–Crippen LogP) is 4.51. The zero-order chi connectivity index (χ0) is 20.9. The molecule has 29 heavy (non-hydrogen) atoms. The van der Waals surface area contributed by atoms with Crippen molar-refractivity contribution in [1.29, 1.82) is 0 Å². The summed E-state index contributed by atoms with van der Waals surface area (Å²) in [4.78, 5) is 18.2. The average molecular weight is 398 g/mol. The molecular weight excluding hydrogens is 362 g/mol. The van der Waals surface area contributed by atoms with Gasteiger partial charge < -0.3 is 10.0 Å². The summed E-state index contributed by atoms with van der Waals surface area (Å²) in [7, 11) is 0. The van der Waals surface area contributed by atoms with Crippen LogP contribution in [0.1, 0.15) is 52.0 Å². The molecule has 5 nitrogen and oxygen atoms in total. The molecular formula is C24H35N3O2. The van der Waals surface area contributed by atoms with Crippen LogP contribution in [-0.2, 0) is 11.3 Å². The van der Waals surface area contributed by atoms with Gasteiger partial charge in [-0.2, -0.15) is 0 Å². The van der Waals surface area contributed by atoms with Crippen molar-refractivity contribution in [1.82, 2.24) is 9.88 Å². The molecule has 5 heteroatoms. The van der Waals surface area contributed by atoms with Gasteiger partial charge in [-0.3, -0.25) is 9.69 Å². The van der Waals surface area contributed by atoms with E-state index < -0.39 is 0 Å². The first-order valence-electron chi connectivity index (χ1n) is 10.8. The summed E-state index contributed by atoms with van der Waals surface area (Å²) in [5.74, 6) is 1.93. The molecule has 1 saturated heterocycles. The Morgan fingerprint density at radius 1 is 1.28 bits per heavy atom. The lowest BCUT2D eigenvalue weighted by Crippen LogP contribution is -2.40. The minimum atomic E-state index is -0.250. The quantitative estimate of drug-likeness (QED) is 0.761. The van der Waals surface area contributed by atoms with Gasteiger partial charge in [-0.05, 0) is 66.3 Å². The molecule has 0 spiro atoms. The SMILES string of the molecule is CC(C)(C)C1CCCN(Cc2ccc(N3CC4=C(CCC=C4)C3)nc2)C1.O=CO. The van der Waals surface area contributed by atoms with E-state index in [1.54, 1.807) is 5.57 Å². The van der Waals surface area contributed by atoms with Crippen LogP contribution in [0.25, 0.3) is 0 Å². The van der Waals surface area contributed by atoms with Crippen molar-refractivity contribution in [2.45, 2.75) is 53.0 Å². The number of hydrogen-bond donors (Lipinski definition) is 1. The number of pyridine rings is 1. The van der Waals surface area contributed by atoms with Gasteiger partial charge in [-0.15, -0.1) is 0 Å². The summed E-state index contributed by atoms with van der Waals surface area (Å²) in [5.41, 5.74) is 4.89. The van der Waals surface area contributed by atoms with Crippen LogP contribution in [0.15, 0.2) is 41.6 Å². The Morgan fingerprint density at radius 2 is 2.07 bits per heavy atom. The average Bonchev–Trinajstić information content (AvgIpc) is 3.13. The summed E-state index contributed by atoms with van der Waals surface area (Å²) >= 11 is 0. The number of rotatable bonds is 3. The van der Waals surface area contributed by atoms with E-state index in [9.17, 15) is 0 Å². The molecule has 1 aliphatic carbocycles. The Bertz CT molecular complexity index is 746. The molecule has 1 aromatic rings. The van der Waals surface area contributed by atoms with Crippen LogP contribution in [0, 0.1) is 11.3 Å². The van der Waals surface area contributed by atoms with E-state index in [0.717, 1.165) is 31.4 Å². The second-order valence-electron chi connectivity index (χ2n) is 9.50. The van der Waals surface area contributed by atoms with Crippen molar-refractivity contribution < 1.29 is 9.90 Å². The number of carboxylic acid groups (broad SMARTS) is 1. The highest BCUT2D eigenvalue weighted by molar-refractivity contribution is 5.51. The highest BCUT2D eigenvalue weighted by Crippen LogP contribution is 2.34. The van der Waals surface area contributed by atoms with Crippen molar-refractivity contribution in [2.24, 2.45) is 11.3 Å². The van der Waals surface area contributed by atoms with Crippen molar-refractivity contribution in [3.63, 3.8) is 0 Å². The number of hydrogen-bond acceptors (Lipinski definition) is 4. The van der Waals surface area contributed by atoms with E-state index in [1.165, 1.54) is 49.9 Å². The largest absolute Gasteiger partial charge is 0.483 e. The lowest BCUT2D eigenvalue weighted by Gasteiger charge is -2.39. The van der Waals surface area contributed by atoms with Crippen LogP contribution in [0.4, 0.5) is 5.82 Å². The monoisotopic (exact) mass is 397 g/mol. The Labute approximate surface area is 175 Å². The highest BCUT2D eigenvalue weighted by Gasteiger charge is 2.29. The standard InChI is InChI=1S/C23H33N3.CH2O2/c1-23(2,3)21-9-6-12-25(17-21)14-18-10-11-22(24-13-18)26-15-19-7-4-5-8-20(19)16-26;2-1-3/h4,7,10-11,13,21H,5-6,8-9,12,14-17H2,1-3H3;1H,(H,2,3). The van der Waals surface area contributed by atoms with E-state index in [4.69, 9.17) is 14.9 Å². The normalized spacial score (nSPS) is 22.2. The zero-order valence-corrected chi connectivity index (χ0v) is 18.1. The summed E-state index contributed by atoms with van der Waals surface area (Å²) in [6.45, 7) is 12.5. The molecule has 1 aromatic heterocycles. The molecule has 4 rings (SSSR count). The van der Waals surface area contributed by atoms with E-state index in [2.05, 4.69) is 61.1 Å². The number of nitrogens with zero attached hydrogens (tertiary/aromatic N) is 3.